The highest BCUT2D eigenvalue weighted by Crippen LogP contribution is 2.35. The summed E-state index contributed by atoms with van der Waals surface area (Å²) in [5.41, 5.74) is 5.52. The van der Waals surface area contributed by atoms with Crippen LogP contribution in [0.3, 0.4) is 0 Å². The van der Waals surface area contributed by atoms with Crippen molar-refractivity contribution in [1.29, 1.82) is 0 Å². The lowest BCUT2D eigenvalue weighted by Crippen LogP contribution is -2.43. The van der Waals surface area contributed by atoms with Crippen LogP contribution in [0, 0.1) is 10.1 Å². The first kappa shape index (κ1) is 16.0. The molecule has 0 unspecified atom stereocenters. The van der Waals surface area contributed by atoms with Crippen molar-refractivity contribution in [2.75, 3.05) is 27.3 Å². The van der Waals surface area contributed by atoms with E-state index in [0.717, 1.165) is 0 Å². The summed E-state index contributed by atoms with van der Waals surface area (Å²) < 4.78 is 10.2. The summed E-state index contributed by atoms with van der Waals surface area (Å²) in [6, 6.07) is 2.64. The molecule has 0 aromatic heterocycles. The van der Waals surface area contributed by atoms with E-state index in [9.17, 15) is 14.9 Å². The first-order valence-corrected chi connectivity index (χ1v) is 6.93. The van der Waals surface area contributed by atoms with Crippen LogP contribution < -0.4 is 15.2 Å². The second kappa shape index (κ2) is 6.61. The van der Waals surface area contributed by atoms with Gasteiger partial charge in [-0.1, -0.05) is 0 Å². The lowest BCUT2D eigenvalue weighted by Gasteiger charge is -2.30. The van der Waals surface area contributed by atoms with Crippen molar-refractivity contribution in [3.63, 3.8) is 0 Å². The highest BCUT2D eigenvalue weighted by atomic mass is 16.6. The van der Waals surface area contributed by atoms with Crippen LogP contribution in [0.5, 0.6) is 11.5 Å². The molecule has 120 valence electrons. The van der Waals surface area contributed by atoms with E-state index < -0.39 is 4.92 Å². The van der Waals surface area contributed by atoms with Gasteiger partial charge in [-0.05, 0) is 12.8 Å². The molecule has 0 saturated carbocycles. The molecule has 8 heteroatoms. The molecule has 1 fully saturated rings. The molecule has 0 spiro atoms. The molecule has 0 atom stereocenters. The number of nitrogens with zero attached hydrogens (tertiary/aromatic N) is 2. The molecule has 1 aromatic rings. The third-order valence-electron chi connectivity index (χ3n) is 3.76. The molecule has 0 aliphatic carbocycles. The number of nitrogens with two attached hydrogens (primary N) is 1. The lowest BCUT2D eigenvalue weighted by molar-refractivity contribution is -0.385. The van der Waals surface area contributed by atoms with Crippen LogP contribution in [0.25, 0.3) is 0 Å². The topological polar surface area (TPSA) is 108 Å². The number of nitro groups is 1. The third-order valence-corrected chi connectivity index (χ3v) is 3.76. The fourth-order valence-electron chi connectivity index (χ4n) is 2.46. The van der Waals surface area contributed by atoms with Gasteiger partial charge in [0.25, 0.3) is 11.6 Å². The standard InChI is InChI=1S/C14H19N3O5/c1-21-12-7-10(11(17(19)20)8-13(12)22-2)14(18)16-5-3-9(15)4-6-16/h7-9H,3-6,15H2,1-2H3. The fourth-order valence-corrected chi connectivity index (χ4v) is 2.46. The third kappa shape index (κ3) is 3.11. The summed E-state index contributed by atoms with van der Waals surface area (Å²) in [6.07, 6.45) is 1.37. The Morgan fingerprint density at radius 2 is 1.82 bits per heavy atom. The molecule has 0 radical (unpaired) electrons. The van der Waals surface area contributed by atoms with E-state index in [-0.39, 0.29) is 34.7 Å². The Balaban J connectivity index is 2.39. The van der Waals surface area contributed by atoms with Crippen molar-refractivity contribution >= 4 is 11.6 Å². The Morgan fingerprint density at radius 3 is 2.32 bits per heavy atom. The van der Waals surface area contributed by atoms with Crippen LogP contribution >= 0.6 is 0 Å². The molecule has 1 heterocycles. The van der Waals surface area contributed by atoms with E-state index in [0.29, 0.717) is 25.9 Å². The van der Waals surface area contributed by atoms with Gasteiger partial charge in [-0.3, -0.25) is 14.9 Å². The quantitative estimate of drug-likeness (QED) is 0.661. The van der Waals surface area contributed by atoms with Gasteiger partial charge in [-0.25, -0.2) is 0 Å². The first-order chi connectivity index (χ1) is 10.5. The number of rotatable bonds is 4. The number of hydrogen-bond donors (Lipinski definition) is 1. The maximum Gasteiger partial charge on any atom is 0.286 e. The van der Waals surface area contributed by atoms with Crippen LogP contribution in [0.2, 0.25) is 0 Å². The lowest BCUT2D eigenvalue weighted by atomic mass is 10.0. The van der Waals surface area contributed by atoms with Crippen molar-refractivity contribution in [1.82, 2.24) is 4.90 Å². The maximum atomic E-state index is 12.6. The maximum absolute atomic E-state index is 12.6. The van der Waals surface area contributed by atoms with Gasteiger partial charge in [0.1, 0.15) is 5.56 Å². The summed E-state index contributed by atoms with van der Waals surface area (Å²) in [4.78, 5) is 24.8. The number of likely N-dealkylation sites (tertiary alicyclic amines) is 1. The summed E-state index contributed by atoms with van der Waals surface area (Å²) in [7, 11) is 2.80. The predicted octanol–water partition coefficient (Wildman–Crippen LogP) is 1.18. The van der Waals surface area contributed by atoms with Crippen LogP contribution in [0.1, 0.15) is 23.2 Å². The van der Waals surface area contributed by atoms with Crippen molar-refractivity contribution in [2.45, 2.75) is 18.9 Å². The number of hydrogen-bond acceptors (Lipinski definition) is 6. The molecule has 2 rings (SSSR count). The number of amides is 1. The number of carbonyl (C=O) groups excluding carboxylic acids is 1. The van der Waals surface area contributed by atoms with Crippen molar-refractivity contribution in [2.24, 2.45) is 5.73 Å². The molecule has 1 aromatic carbocycles. The summed E-state index contributed by atoms with van der Waals surface area (Å²) >= 11 is 0. The van der Waals surface area contributed by atoms with E-state index in [4.69, 9.17) is 15.2 Å². The van der Waals surface area contributed by atoms with Gasteiger partial charge in [0, 0.05) is 25.2 Å². The van der Waals surface area contributed by atoms with Gasteiger partial charge in [0.2, 0.25) is 0 Å². The van der Waals surface area contributed by atoms with E-state index in [1.165, 1.54) is 26.4 Å². The molecular weight excluding hydrogens is 290 g/mol. The molecule has 1 saturated heterocycles. The average Bonchev–Trinajstić information content (AvgIpc) is 2.53. The number of nitro benzene ring substituents is 1. The van der Waals surface area contributed by atoms with Crippen LogP contribution in [0.15, 0.2) is 12.1 Å². The Morgan fingerprint density at radius 1 is 1.27 bits per heavy atom. The van der Waals surface area contributed by atoms with Gasteiger partial charge in [0.15, 0.2) is 11.5 Å². The number of benzene rings is 1. The average molecular weight is 309 g/mol. The predicted molar refractivity (Wildman–Crippen MR) is 79.3 cm³/mol. The minimum atomic E-state index is -0.592. The Hall–Kier alpha value is -2.35. The smallest absolute Gasteiger partial charge is 0.286 e. The zero-order valence-electron chi connectivity index (χ0n) is 12.6. The second-order valence-electron chi connectivity index (χ2n) is 5.11. The van der Waals surface area contributed by atoms with E-state index in [1.807, 2.05) is 0 Å². The Bertz CT molecular complexity index is 582. The number of piperidine rings is 1. The van der Waals surface area contributed by atoms with Gasteiger partial charge < -0.3 is 20.1 Å². The normalized spacial score (nSPS) is 15.5. The van der Waals surface area contributed by atoms with Gasteiger partial charge in [-0.15, -0.1) is 0 Å². The molecular formula is C14H19N3O5. The highest BCUT2D eigenvalue weighted by molar-refractivity contribution is 5.99. The number of carbonyl (C=O) groups is 1. The molecule has 1 aliphatic rings. The molecule has 8 nitrogen and oxygen atoms in total. The second-order valence-corrected chi connectivity index (χ2v) is 5.11. The largest absolute Gasteiger partial charge is 0.493 e. The minimum absolute atomic E-state index is 0.00174. The summed E-state index contributed by atoms with van der Waals surface area (Å²) in [6.45, 7) is 0.983. The molecule has 2 N–H and O–H groups in total. The SMILES string of the molecule is COc1cc(C(=O)N2CCC(N)CC2)c([N+](=O)[O-])cc1OC. The van der Waals surface area contributed by atoms with Gasteiger partial charge in [0.05, 0.1) is 25.2 Å². The summed E-state index contributed by atoms with van der Waals surface area (Å²) in [5.74, 6) is 0.108. The Kier molecular flexibility index (Phi) is 4.81. The molecule has 1 aliphatic heterocycles. The van der Waals surface area contributed by atoms with E-state index in [2.05, 4.69) is 0 Å². The van der Waals surface area contributed by atoms with Crippen LogP contribution in [-0.2, 0) is 0 Å². The highest BCUT2D eigenvalue weighted by Gasteiger charge is 2.29. The molecule has 22 heavy (non-hydrogen) atoms. The van der Waals surface area contributed by atoms with Crippen LogP contribution in [0.4, 0.5) is 5.69 Å². The van der Waals surface area contributed by atoms with E-state index in [1.54, 1.807) is 4.90 Å². The minimum Gasteiger partial charge on any atom is -0.493 e. The number of methoxy groups -OCH3 is 2. The van der Waals surface area contributed by atoms with Crippen LogP contribution in [-0.4, -0.2) is 49.1 Å². The zero-order chi connectivity index (χ0) is 16.3. The van der Waals surface area contributed by atoms with Gasteiger partial charge in [-0.2, -0.15) is 0 Å². The van der Waals surface area contributed by atoms with Crippen molar-refractivity contribution < 1.29 is 19.2 Å². The fraction of sp³-hybridized carbons (Fsp3) is 0.500. The van der Waals surface area contributed by atoms with E-state index >= 15 is 0 Å². The Labute approximate surface area is 127 Å². The first-order valence-electron chi connectivity index (χ1n) is 6.93. The van der Waals surface area contributed by atoms with Crippen molar-refractivity contribution in [3.8, 4) is 11.5 Å². The number of ether oxygens (including phenoxy) is 2. The van der Waals surface area contributed by atoms with Crippen molar-refractivity contribution in [3.05, 3.63) is 27.8 Å². The monoisotopic (exact) mass is 309 g/mol. The molecule has 1 amide bonds. The molecule has 0 bridgehead atoms. The summed E-state index contributed by atoms with van der Waals surface area (Å²) in [5, 5.41) is 11.2. The zero-order valence-corrected chi connectivity index (χ0v) is 12.6. The van der Waals surface area contributed by atoms with Gasteiger partial charge >= 0.3 is 0 Å².